The quantitative estimate of drug-likeness (QED) is 0.509. The molecular weight excluding hydrogens is 388 g/mol. The van der Waals surface area contributed by atoms with Crippen LogP contribution < -0.4 is 18.6 Å². The molecule has 2 aromatic rings. The van der Waals surface area contributed by atoms with Crippen molar-refractivity contribution in [2.75, 3.05) is 0 Å². The van der Waals surface area contributed by atoms with E-state index in [1.807, 2.05) is 0 Å². The highest BCUT2D eigenvalue weighted by Crippen LogP contribution is 2.27. The molecule has 5 nitrogen and oxygen atoms in total. The fourth-order valence-electron chi connectivity index (χ4n) is 2.48. The van der Waals surface area contributed by atoms with E-state index in [2.05, 4.69) is 52.3 Å². The lowest BCUT2D eigenvalue weighted by Crippen LogP contribution is -2.68. The first-order valence-corrected chi connectivity index (χ1v) is 9.18. The predicted molar refractivity (Wildman–Crippen MR) is 77.5 cm³/mol. The van der Waals surface area contributed by atoms with Crippen LogP contribution in [0.4, 0.5) is 0 Å². The molecule has 3 rings (SSSR count). The third-order valence-corrected chi connectivity index (χ3v) is 4.03. The van der Waals surface area contributed by atoms with Gasteiger partial charge in [-0.05, 0) is 49.6 Å². The van der Waals surface area contributed by atoms with Crippen molar-refractivity contribution in [1.82, 2.24) is 0 Å². The summed E-state index contributed by atoms with van der Waals surface area (Å²) >= 11 is 3.46. The van der Waals surface area contributed by atoms with E-state index in [-0.39, 0.29) is 0 Å². The summed E-state index contributed by atoms with van der Waals surface area (Å²) in [6.45, 7) is 0. The van der Waals surface area contributed by atoms with Crippen LogP contribution in [0.25, 0.3) is 11.3 Å². The highest BCUT2D eigenvalue weighted by atomic mass is 79.9. The van der Waals surface area contributed by atoms with Crippen LogP contribution in [0.2, 0.25) is 0 Å². The summed E-state index contributed by atoms with van der Waals surface area (Å²) in [6.07, 6.45) is 6.11. The van der Waals surface area contributed by atoms with E-state index in [4.69, 9.17) is 23.1 Å². The summed E-state index contributed by atoms with van der Waals surface area (Å²) in [6, 6.07) is 12.6. The Morgan fingerprint density at radius 3 is 2.09 bits per heavy atom. The number of rotatable bonds is 1. The zero-order valence-electron chi connectivity index (χ0n) is 12.3. The molecule has 124 valence electrons. The van der Waals surface area contributed by atoms with Crippen LogP contribution in [0.15, 0.2) is 45.3 Å². The van der Waals surface area contributed by atoms with Crippen molar-refractivity contribution >= 4 is 15.9 Å². The van der Waals surface area contributed by atoms with Crippen molar-refractivity contribution < 1.29 is 33.3 Å². The number of aryl methyl sites for hydroxylation is 2. The lowest BCUT2D eigenvalue weighted by atomic mass is 10.1. The molecule has 0 unspecified atom stereocenters. The second-order valence-corrected chi connectivity index (χ2v) is 6.87. The number of hydrogen-bond acceptors (Lipinski definition) is 4. The summed E-state index contributed by atoms with van der Waals surface area (Å²) in [5, 5.41) is 0. The monoisotopic (exact) mass is 402 g/mol. The van der Waals surface area contributed by atoms with Gasteiger partial charge in [0.05, 0.1) is 17.5 Å². The molecule has 0 radical (unpaired) electrons. The minimum Gasteiger partial charge on any atom is -0.222 e. The van der Waals surface area contributed by atoms with Gasteiger partial charge in [0.15, 0.2) is 0 Å². The molecule has 1 heterocycles. The molecule has 0 saturated heterocycles. The third kappa shape index (κ3) is 6.55. The molecule has 0 fully saturated rings. The normalized spacial score (nSPS) is 14.3. The number of halogens is 2. The van der Waals surface area contributed by atoms with Gasteiger partial charge in [0.2, 0.25) is 0 Å². The van der Waals surface area contributed by atoms with Gasteiger partial charge in [-0.1, -0.05) is 22.4 Å². The molecule has 1 aromatic heterocycles. The fourth-order valence-corrected chi connectivity index (χ4v) is 2.75. The van der Waals surface area contributed by atoms with Crippen LogP contribution in [0.3, 0.4) is 0 Å². The molecule has 1 aliphatic rings. The van der Waals surface area contributed by atoms with Gasteiger partial charge >= 0.3 is 11.5 Å². The van der Waals surface area contributed by atoms with Gasteiger partial charge in [0.1, 0.15) is 0 Å². The lowest BCUT2D eigenvalue weighted by molar-refractivity contribution is -2.00. The van der Waals surface area contributed by atoms with Crippen molar-refractivity contribution in [3.8, 4) is 11.3 Å². The minimum atomic E-state index is -4.94. The molecule has 0 aliphatic heterocycles. The zero-order chi connectivity index (χ0) is 16.9. The van der Waals surface area contributed by atoms with Gasteiger partial charge in [-0.3, -0.25) is 0 Å². The molecule has 0 atom stereocenters. The van der Waals surface area contributed by atoms with Crippen molar-refractivity contribution in [3.63, 3.8) is 0 Å². The zero-order valence-corrected chi connectivity index (χ0v) is 14.6. The molecule has 0 spiro atoms. The standard InChI is InChI=1S/C16H16BrO.ClHO4/c17-14-9-6-13(7-10-14)16-11-8-12-4-2-1-3-5-15(12)18-16;2-1(3,4)5/h6-11H,1-5H2;(H,2,3,4,5)/q+1;/p-1. The van der Waals surface area contributed by atoms with E-state index in [0.717, 1.165) is 22.2 Å². The molecule has 23 heavy (non-hydrogen) atoms. The third-order valence-electron chi connectivity index (χ3n) is 3.51. The number of hydrogen-bond donors (Lipinski definition) is 0. The molecule has 1 aliphatic carbocycles. The van der Waals surface area contributed by atoms with Crippen molar-refractivity contribution in [2.24, 2.45) is 0 Å². The van der Waals surface area contributed by atoms with E-state index in [0.29, 0.717) is 0 Å². The highest BCUT2D eigenvalue weighted by molar-refractivity contribution is 9.10. The van der Waals surface area contributed by atoms with E-state index in [9.17, 15) is 0 Å². The average molecular weight is 404 g/mol. The first-order chi connectivity index (χ1) is 10.8. The van der Waals surface area contributed by atoms with Crippen LogP contribution in [0, 0.1) is 10.2 Å². The van der Waals surface area contributed by atoms with Crippen LogP contribution >= 0.6 is 15.9 Å². The Balaban J connectivity index is 0.000000338. The van der Waals surface area contributed by atoms with E-state index < -0.39 is 10.2 Å². The fraction of sp³-hybridized carbons (Fsp3) is 0.312. The Kier molecular flexibility index (Phi) is 6.52. The maximum atomic E-state index is 8.49. The summed E-state index contributed by atoms with van der Waals surface area (Å²) in [5.41, 5.74) is 2.54. The van der Waals surface area contributed by atoms with Crippen LogP contribution in [-0.4, -0.2) is 0 Å². The Labute approximate surface area is 145 Å². The second-order valence-electron chi connectivity index (χ2n) is 5.19. The second kappa shape index (κ2) is 8.19. The average Bonchev–Trinajstić information content (AvgIpc) is 2.70. The van der Waals surface area contributed by atoms with Gasteiger partial charge < -0.3 is 0 Å². The van der Waals surface area contributed by atoms with Crippen LogP contribution in [0.1, 0.15) is 30.6 Å². The minimum absolute atomic E-state index is 0.975. The smallest absolute Gasteiger partial charge is 0.222 e. The Morgan fingerprint density at radius 2 is 1.43 bits per heavy atom. The first kappa shape index (κ1) is 18.3. The largest absolute Gasteiger partial charge is 0.360 e. The van der Waals surface area contributed by atoms with E-state index in [1.165, 1.54) is 37.0 Å². The predicted octanol–water partition coefficient (Wildman–Crippen LogP) is 0.503. The van der Waals surface area contributed by atoms with Crippen molar-refractivity contribution in [2.45, 2.75) is 32.1 Å². The summed E-state index contributed by atoms with van der Waals surface area (Å²) in [4.78, 5) is 0. The maximum absolute atomic E-state index is 8.49. The van der Waals surface area contributed by atoms with Gasteiger partial charge in [0, 0.05) is 10.5 Å². The summed E-state index contributed by atoms with van der Waals surface area (Å²) in [7, 11) is -4.94. The molecule has 1 aromatic carbocycles. The molecule has 0 saturated carbocycles. The molecule has 0 bridgehead atoms. The van der Waals surface area contributed by atoms with Gasteiger partial charge in [-0.2, -0.15) is 0 Å². The Bertz CT molecular complexity index is 634. The molecule has 0 amide bonds. The van der Waals surface area contributed by atoms with E-state index >= 15 is 0 Å². The highest BCUT2D eigenvalue weighted by Gasteiger charge is 2.21. The number of benzene rings is 1. The van der Waals surface area contributed by atoms with Crippen molar-refractivity contribution in [3.05, 3.63) is 52.2 Å². The number of fused-ring (bicyclic) bond motifs is 1. The van der Waals surface area contributed by atoms with Gasteiger partial charge in [0.25, 0.3) is 0 Å². The van der Waals surface area contributed by atoms with Gasteiger partial charge in [-0.15, -0.1) is 10.2 Å². The Morgan fingerprint density at radius 1 is 0.826 bits per heavy atom. The summed E-state index contributed by atoms with van der Waals surface area (Å²) in [5.74, 6) is 2.16. The Hall–Kier alpha value is -1.02. The lowest BCUT2D eigenvalue weighted by Gasteiger charge is -2.17. The molecule has 7 heteroatoms. The SMILES string of the molecule is Brc1ccc(-c2ccc3c([o+]2)CCCCC3)cc1.[O-][Cl+3]([O-])([O-])[O-]. The van der Waals surface area contributed by atoms with Crippen LogP contribution in [-0.2, 0) is 12.8 Å². The summed E-state index contributed by atoms with van der Waals surface area (Å²) < 4.78 is 41.2. The maximum Gasteiger partial charge on any atom is 0.360 e. The van der Waals surface area contributed by atoms with Crippen LogP contribution in [0.5, 0.6) is 0 Å². The topological polar surface area (TPSA) is 104 Å². The van der Waals surface area contributed by atoms with Gasteiger partial charge in [-0.25, -0.2) is 23.1 Å². The van der Waals surface area contributed by atoms with E-state index in [1.54, 1.807) is 0 Å². The first-order valence-electron chi connectivity index (χ1n) is 7.15. The molecule has 0 N–H and O–H groups in total. The van der Waals surface area contributed by atoms with Crippen molar-refractivity contribution in [1.29, 1.82) is 0 Å². The molecular formula is C16H16BrClO5.